The molecule has 2 aromatic rings. The van der Waals surface area contributed by atoms with Crippen LogP contribution in [0.2, 0.25) is 0 Å². The Morgan fingerprint density at radius 2 is 2.25 bits per heavy atom. The van der Waals surface area contributed by atoms with Gasteiger partial charge in [0.2, 0.25) is 0 Å². The van der Waals surface area contributed by atoms with Crippen molar-refractivity contribution in [2.45, 2.75) is 0 Å². The largest absolute Gasteiger partial charge is 0.467 e. The lowest BCUT2D eigenvalue weighted by Crippen LogP contribution is -2.11. The highest BCUT2D eigenvalue weighted by molar-refractivity contribution is 5.85. The van der Waals surface area contributed by atoms with E-state index in [1.807, 2.05) is 18.2 Å². The fourth-order valence-corrected chi connectivity index (χ4v) is 1.95. The van der Waals surface area contributed by atoms with Gasteiger partial charge in [-0.3, -0.25) is 0 Å². The highest BCUT2D eigenvalue weighted by Gasteiger charge is 2.12. The Morgan fingerprint density at radius 1 is 1.25 bits per heavy atom. The van der Waals surface area contributed by atoms with Crippen LogP contribution < -0.4 is 15.6 Å². The van der Waals surface area contributed by atoms with Crippen molar-refractivity contribution in [1.82, 2.24) is 4.98 Å². The Kier molecular flexibility index (Phi) is 1.30. The lowest BCUT2D eigenvalue weighted by atomic mass is 10.2. The molecule has 0 amide bonds. The van der Waals surface area contributed by atoms with Crippen LogP contribution in [0.1, 0.15) is 0 Å². The summed E-state index contributed by atoms with van der Waals surface area (Å²) < 4.78 is 5.33. The van der Waals surface area contributed by atoms with Crippen LogP contribution in [0.25, 0.3) is 10.9 Å². The molecule has 16 heavy (non-hydrogen) atoms. The van der Waals surface area contributed by atoms with E-state index in [4.69, 9.17) is 4.74 Å². The molecule has 0 fully saturated rings. The monoisotopic (exact) mass is 210 g/mol. The van der Waals surface area contributed by atoms with E-state index in [9.17, 15) is 0 Å². The van der Waals surface area contributed by atoms with E-state index in [0.717, 1.165) is 27.7 Å². The second-order valence-electron chi connectivity index (χ2n) is 3.62. The molecule has 4 rings (SSSR count). The zero-order valence-corrected chi connectivity index (χ0v) is 8.21. The van der Waals surface area contributed by atoms with Crippen molar-refractivity contribution in [3.05, 3.63) is 29.0 Å². The molecule has 76 valence electrons. The first-order valence-corrected chi connectivity index (χ1v) is 4.93. The average Bonchev–Trinajstić information content (AvgIpc) is 2.94. The molecule has 2 aliphatic rings. The SMILES string of the molecule is C1=Nc2ccc3cc4c(nc3c2=N1)=NCO4. The van der Waals surface area contributed by atoms with Gasteiger partial charge >= 0.3 is 0 Å². The first kappa shape index (κ1) is 7.92. The number of aliphatic imine (C=N–C) groups is 1. The van der Waals surface area contributed by atoms with Gasteiger partial charge in [0.05, 0.1) is 5.69 Å². The van der Waals surface area contributed by atoms with Gasteiger partial charge in [0, 0.05) is 5.39 Å². The van der Waals surface area contributed by atoms with Crippen molar-refractivity contribution in [3.63, 3.8) is 0 Å². The van der Waals surface area contributed by atoms with Crippen LogP contribution in [0.3, 0.4) is 0 Å². The van der Waals surface area contributed by atoms with Gasteiger partial charge in [-0.25, -0.2) is 20.0 Å². The van der Waals surface area contributed by atoms with Gasteiger partial charge in [-0.2, -0.15) is 0 Å². The summed E-state index contributed by atoms with van der Waals surface area (Å²) in [6.45, 7) is 0.356. The maximum Gasteiger partial charge on any atom is 0.194 e. The number of ether oxygens (including phenoxy) is 1. The van der Waals surface area contributed by atoms with Crippen molar-refractivity contribution in [1.29, 1.82) is 0 Å². The van der Waals surface area contributed by atoms with Gasteiger partial charge in [0.1, 0.15) is 17.2 Å². The summed E-state index contributed by atoms with van der Waals surface area (Å²) in [5.41, 5.74) is 2.35. The smallest absolute Gasteiger partial charge is 0.194 e. The number of nitrogens with zero attached hydrogens (tertiary/aromatic N) is 4. The molecule has 2 aliphatic heterocycles. The van der Waals surface area contributed by atoms with Crippen LogP contribution in [0.5, 0.6) is 5.75 Å². The summed E-state index contributed by atoms with van der Waals surface area (Å²) in [6, 6.07) is 5.86. The molecule has 3 heterocycles. The Balaban J connectivity index is 2.25. The number of benzene rings is 1. The van der Waals surface area contributed by atoms with Gasteiger partial charge in [-0.05, 0) is 12.1 Å². The Labute approximate surface area is 89.9 Å². The maximum atomic E-state index is 5.33. The highest BCUT2D eigenvalue weighted by atomic mass is 16.5. The van der Waals surface area contributed by atoms with Crippen LogP contribution in [0.15, 0.2) is 33.2 Å². The number of aromatic nitrogens is 1. The van der Waals surface area contributed by atoms with Gasteiger partial charge in [-0.15, -0.1) is 0 Å². The Hall–Kier alpha value is -2.30. The summed E-state index contributed by atoms with van der Waals surface area (Å²) >= 11 is 0. The molecule has 0 saturated heterocycles. The molecule has 5 nitrogen and oxygen atoms in total. The van der Waals surface area contributed by atoms with E-state index in [2.05, 4.69) is 20.0 Å². The average molecular weight is 210 g/mol. The minimum Gasteiger partial charge on any atom is -0.467 e. The number of hydrogen-bond acceptors (Lipinski definition) is 5. The lowest BCUT2D eigenvalue weighted by Gasteiger charge is -1.99. The molecular formula is C11H6N4O. The quantitative estimate of drug-likeness (QED) is 0.635. The predicted molar refractivity (Wildman–Crippen MR) is 57.7 cm³/mol. The van der Waals surface area contributed by atoms with E-state index in [1.54, 1.807) is 6.34 Å². The van der Waals surface area contributed by atoms with Crippen molar-refractivity contribution < 1.29 is 4.74 Å². The molecule has 0 spiro atoms. The van der Waals surface area contributed by atoms with Crippen molar-refractivity contribution in [2.24, 2.45) is 15.0 Å². The summed E-state index contributed by atoms with van der Waals surface area (Å²) in [6.07, 6.45) is 1.55. The zero-order valence-electron chi connectivity index (χ0n) is 8.21. The molecule has 0 N–H and O–H groups in total. The summed E-state index contributed by atoms with van der Waals surface area (Å²) in [4.78, 5) is 17.0. The number of pyridine rings is 1. The first-order valence-electron chi connectivity index (χ1n) is 4.93. The number of fused-ring (bicyclic) bond motifs is 4. The van der Waals surface area contributed by atoms with Gasteiger partial charge in [-0.1, -0.05) is 6.07 Å². The van der Waals surface area contributed by atoms with Gasteiger partial charge in [0.25, 0.3) is 0 Å². The minimum absolute atomic E-state index is 0.356. The summed E-state index contributed by atoms with van der Waals surface area (Å²) in [5.74, 6) is 0.742. The standard InChI is InChI=1S/C11H6N4O/c1-2-7-10(13-4-12-7)9-6(1)3-8-11(15-9)14-5-16-8/h1-4H,5H2. The topological polar surface area (TPSA) is 59.2 Å². The van der Waals surface area contributed by atoms with Crippen LogP contribution in [-0.2, 0) is 0 Å². The van der Waals surface area contributed by atoms with Crippen molar-refractivity contribution >= 4 is 22.9 Å². The van der Waals surface area contributed by atoms with Crippen LogP contribution >= 0.6 is 0 Å². The van der Waals surface area contributed by atoms with Gasteiger partial charge in [0.15, 0.2) is 18.0 Å². The van der Waals surface area contributed by atoms with Crippen LogP contribution in [0.4, 0.5) is 5.69 Å². The molecule has 1 aromatic carbocycles. The number of rotatable bonds is 0. The van der Waals surface area contributed by atoms with Crippen molar-refractivity contribution in [2.75, 3.05) is 6.73 Å². The summed E-state index contributed by atoms with van der Waals surface area (Å²) in [7, 11) is 0. The highest BCUT2D eigenvalue weighted by Crippen LogP contribution is 2.18. The Morgan fingerprint density at radius 3 is 3.25 bits per heavy atom. The van der Waals surface area contributed by atoms with Gasteiger partial charge < -0.3 is 4.74 Å². The van der Waals surface area contributed by atoms with Crippen LogP contribution in [-0.4, -0.2) is 18.1 Å². The predicted octanol–water partition coefficient (Wildman–Crippen LogP) is 0.497. The molecule has 1 aromatic heterocycles. The summed E-state index contributed by atoms with van der Waals surface area (Å²) in [5, 5.41) is 1.83. The number of hydrogen-bond donors (Lipinski definition) is 0. The third-order valence-electron chi connectivity index (χ3n) is 2.70. The molecule has 0 unspecified atom stereocenters. The van der Waals surface area contributed by atoms with E-state index >= 15 is 0 Å². The molecule has 0 atom stereocenters. The lowest BCUT2D eigenvalue weighted by molar-refractivity contribution is 0.352. The fourth-order valence-electron chi connectivity index (χ4n) is 1.95. The second-order valence-corrected chi connectivity index (χ2v) is 3.62. The van der Waals surface area contributed by atoms with Crippen LogP contribution in [0, 0.1) is 0 Å². The fraction of sp³-hybridized carbons (Fsp3) is 0.0909. The first-order chi connectivity index (χ1) is 7.92. The van der Waals surface area contributed by atoms with Crippen molar-refractivity contribution in [3.8, 4) is 5.75 Å². The van der Waals surface area contributed by atoms with E-state index < -0.39 is 0 Å². The zero-order chi connectivity index (χ0) is 10.5. The third-order valence-corrected chi connectivity index (χ3v) is 2.70. The molecule has 5 heteroatoms. The normalized spacial score (nSPS) is 15.2. The Bertz CT molecular complexity index is 764. The molecule has 0 saturated carbocycles. The van der Waals surface area contributed by atoms with E-state index in [-0.39, 0.29) is 0 Å². The second kappa shape index (κ2) is 2.63. The maximum absolute atomic E-state index is 5.33. The molecular weight excluding hydrogens is 204 g/mol. The van der Waals surface area contributed by atoms with E-state index in [1.165, 1.54) is 0 Å². The minimum atomic E-state index is 0.356. The molecule has 0 radical (unpaired) electrons. The third kappa shape index (κ3) is 0.894. The molecule has 0 bridgehead atoms. The molecule has 0 aliphatic carbocycles. The van der Waals surface area contributed by atoms with E-state index in [0.29, 0.717) is 12.2 Å².